The Balaban J connectivity index is 1.70. The summed E-state index contributed by atoms with van der Waals surface area (Å²) in [6.07, 6.45) is 7.84. The second kappa shape index (κ2) is 6.18. The predicted molar refractivity (Wildman–Crippen MR) is 84.4 cm³/mol. The van der Waals surface area contributed by atoms with Crippen LogP contribution in [-0.2, 0) is 6.54 Å². The molecular weight excluding hydrogens is 278 g/mol. The van der Waals surface area contributed by atoms with E-state index in [1.165, 1.54) is 5.56 Å². The van der Waals surface area contributed by atoms with Crippen molar-refractivity contribution in [1.29, 1.82) is 0 Å². The van der Waals surface area contributed by atoms with Crippen molar-refractivity contribution < 1.29 is 0 Å². The molecule has 0 aliphatic carbocycles. The van der Waals surface area contributed by atoms with Gasteiger partial charge in [0.15, 0.2) is 0 Å². The monoisotopic (exact) mass is 303 g/mol. The summed E-state index contributed by atoms with van der Waals surface area (Å²) in [7, 11) is 4.27. The average Bonchev–Trinajstić information content (AvgIpc) is 3.18. The highest BCUT2D eigenvalue weighted by Gasteiger charge is 2.35. The lowest BCUT2D eigenvalue weighted by Gasteiger charge is -2.24. The van der Waals surface area contributed by atoms with E-state index in [0.717, 1.165) is 19.6 Å². The van der Waals surface area contributed by atoms with Crippen LogP contribution in [0.1, 0.15) is 31.5 Å². The van der Waals surface area contributed by atoms with Crippen molar-refractivity contribution in [2.75, 3.05) is 27.2 Å². The first-order valence-corrected chi connectivity index (χ1v) is 7.82. The topological polar surface area (TPSA) is 55.0 Å². The van der Waals surface area contributed by atoms with Gasteiger partial charge in [-0.25, -0.2) is 4.68 Å². The van der Waals surface area contributed by atoms with Crippen LogP contribution >= 0.6 is 0 Å². The smallest absolute Gasteiger partial charge is 0.0831 e. The van der Waals surface area contributed by atoms with Gasteiger partial charge in [0.05, 0.1) is 18.4 Å². The van der Waals surface area contributed by atoms with Crippen molar-refractivity contribution in [1.82, 2.24) is 34.6 Å². The Morgan fingerprint density at radius 3 is 2.73 bits per heavy atom. The zero-order valence-corrected chi connectivity index (χ0v) is 13.8. The van der Waals surface area contributed by atoms with Gasteiger partial charge in [0.1, 0.15) is 0 Å². The van der Waals surface area contributed by atoms with Gasteiger partial charge >= 0.3 is 0 Å². The van der Waals surface area contributed by atoms with Crippen LogP contribution in [0.3, 0.4) is 0 Å². The zero-order valence-electron chi connectivity index (χ0n) is 13.8. The summed E-state index contributed by atoms with van der Waals surface area (Å²) in [6, 6.07) is 1.20. The fourth-order valence-electron chi connectivity index (χ4n) is 3.14. The summed E-state index contributed by atoms with van der Waals surface area (Å²) in [6.45, 7) is 7.25. The quantitative estimate of drug-likeness (QED) is 0.826. The van der Waals surface area contributed by atoms with Gasteiger partial charge in [-0.3, -0.25) is 9.58 Å². The molecular formula is C15H25N7. The number of likely N-dealkylation sites (tertiary alicyclic amines) is 1. The Labute approximate surface area is 131 Å². The van der Waals surface area contributed by atoms with Crippen LogP contribution in [0, 0.1) is 0 Å². The molecule has 2 aromatic heterocycles. The van der Waals surface area contributed by atoms with E-state index in [2.05, 4.69) is 59.4 Å². The molecule has 2 aromatic rings. The zero-order chi connectivity index (χ0) is 15.7. The molecule has 3 rings (SSSR count). The largest absolute Gasteiger partial charge is 0.303 e. The summed E-state index contributed by atoms with van der Waals surface area (Å²) in [5.74, 6) is 0. The standard InChI is InChI=1S/C15H25N7/c1-12(2)22-9-13(7-17-22)8-20-10-14(19(3)4)15(11-20)21-6-5-16-18-21/h5-7,9,12,14-15H,8,10-11H2,1-4H3/t14-,15+/m1/s1. The minimum absolute atomic E-state index is 0.345. The van der Waals surface area contributed by atoms with Gasteiger partial charge in [-0.15, -0.1) is 5.10 Å². The molecule has 1 aliphatic rings. The highest BCUT2D eigenvalue weighted by atomic mass is 15.5. The van der Waals surface area contributed by atoms with Gasteiger partial charge in [-0.1, -0.05) is 5.21 Å². The van der Waals surface area contributed by atoms with Crippen LogP contribution in [0.5, 0.6) is 0 Å². The van der Waals surface area contributed by atoms with E-state index in [4.69, 9.17) is 0 Å². The Morgan fingerprint density at radius 2 is 2.14 bits per heavy atom. The lowest BCUT2D eigenvalue weighted by atomic mass is 10.1. The second-order valence-electron chi connectivity index (χ2n) is 6.60. The van der Waals surface area contributed by atoms with Gasteiger partial charge in [0.2, 0.25) is 0 Å². The van der Waals surface area contributed by atoms with Crippen molar-refractivity contribution >= 4 is 0 Å². The summed E-state index contributed by atoms with van der Waals surface area (Å²) in [5.41, 5.74) is 1.27. The van der Waals surface area contributed by atoms with Crippen LogP contribution in [0.25, 0.3) is 0 Å². The van der Waals surface area contributed by atoms with Gasteiger partial charge in [0, 0.05) is 49.7 Å². The number of hydrogen-bond acceptors (Lipinski definition) is 5. The molecule has 0 unspecified atom stereocenters. The minimum atomic E-state index is 0.345. The maximum atomic E-state index is 4.43. The number of hydrogen-bond donors (Lipinski definition) is 0. The fourth-order valence-corrected chi connectivity index (χ4v) is 3.14. The van der Waals surface area contributed by atoms with E-state index >= 15 is 0 Å². The van der Waals surface area contributed by atoms with E-state index in [1.807, 2.05) is 21.8 Å². The Kier molecular flexibility index (Phi) is 4.26. The first kappa shape index (κ1) is 15.2. The van der Waals surface area contributed by atoms with Crippen LogP contribution in [0.2, 0.25) is 0 Å². The predicted octanol–water partition coefficient (Wildman–Crippen LogP) is 1.04. The van der Waals surface area contributed by atoms with E-state index in [-0.39, 0.29) is 0 Å². The number of likely N-dealkylation sites (N-methyl/N-ethyl adjacent to an activating group) is 1. The van der Waals surface area contributed by atoms with Gasteiger partial charge in [0.25, 0.3) is 0 Å². The van der Waals surface area contributed by atoms with E-state index in [0.29, 0.717) is 18.1 Å². The third kappa shape index (κ3) is 3.05. The molecule has 0 spiro atoms. The first-order valence-electron chi connectivity index (χ1n) is 7.82. The van der Waals surface area contributed by atoms with Crippen molar-refractivity contribution in [3.8, 4) is 0 Å². The van der Waals surface area contributed by atoms with Crippen LogP contribution < -0.4 is 0 Å². The average molecular weight is 303 g/mol. The molecule has 0 N–H and O–H groups in total. The molecule has 0 saturated carbocycles. The Hall–Kier alpha value is -1.73. The van der Waals surface area contributed by atoms with Crippen LogP contribution in [0.4, 0.5) is 0 Å². The molecule has 0 bridgehead atoms. The Morgan fingerprint density at radius 1 is 1.32 bits per heavy atom. The summed E-state index contributed by atoms with van der Waals surface area (Å²) < 4.78 is 4.01. The molecule has 0 radical (unpaired) electrons. The number of nitrogens with zero attached hydrogens (tertiary/aromatic N) is 7. The van der Waals surface area contributed by atoms with Gasteiger partial charge in [-0.05, 0) is 27.9 Å². The summed E-state index contributed by atoms with van der Waals surface area (Å²) >= 11 is 0. The third-order valence-electron chi connectivity index (χ3n) is 4.37. The Bertz CT molecular complexity index is 587. The van der Waals surface area contributed by atoms with Crippen molar-refractivity contribution in [3.63, 3.8) is 0 Å². The molecule has 0 amide bonds. The van der Waals surface area contributed by atoms with Crippen molar-refractivity contribution in [3.05, 3.63) is 30.4 Å². The highest BCUT2D eigenvalue weighted by Crippen LogP contribution is 2.25. The molecule has 0 aromatic carbocycles. The maximum Gasteiger partial charge on any atom is 0.0831 e. The van der Waals surface area contributed by atoms with E-state index < -0.39 is 0 Å². The van der Waals surface area contributed by atoms with Crippen LogP contribution in [-0.4, -0.2) is 67.8 Å². The first-order chi connectivity index (χ1) is 10.5. The molecule has 22 heavy (non-hydrogen) atoms. The van der Waals surface area contributed by atoms with Crippen molar-refractivity contribution in [2.45, 2.75) is 38.5 Å². The fraction of sp³-hybridized carbons (Fsp3) is 0.667. The van der Waals surface area contributed by atoms with Gasteiger partial charge in [-0.2, -0.15) is 5.10 Å². The minimum Gasteiger partial charge on any atom is -0.303 e. The normalized spacial score (nSPS) is 23.0. The summed E-state index contributed by atoms with van der Waals surface area (Å²) in [4.78, 5) is 4.75. The molecule has 1 aliphatic heterocycles. The molecule has 7 nitrogen and oxygen atoms in total. The maximum absolute atomic E-state index is 4.43. The number of aromatic nitrogens is 5. The van der Waals surface area contributed by atoms with Gasteiger partial charge < -0.3 is 4.90 Å². The van der Waals surface area contributed by atoms with Crippen molar-refractivity contribution in [2.24, 2.45) is 0 Å². The lowest BCUT2D eigenvalue weighted by molar-refractivity contribution is 0.237. The molecule has 7 heteroatoms. The molecule has 120 valence electrons. The van der Waals surface area contributed by atoms with E-state index in [9.17, 15) is 0 Å². The third-order valence-corrected chi connectivity index (χ3v) is 4.37. The molecule has 2 atom stereocenters. The highest BCUT2D eigenvalue weighted by molar-refractivity contribution is 5.06. The number of rotatable bonds is 5. The molecule has 3 heterocycles. The van der Waals surface area contributed by atoms with Crippen LogP contribution in [0.15, 0.2) is 24.8 Å². The SMILES string of the molecule is CC(C)n1cc(CN2C[C@@H](N(C)C)[C@@H](n3ccnn3)C2)cn1. The second-order valence-corrected chi connectivity index (χ2v) is 6.60. The molecule has 1 saturated heterocycles. The lowest BCUT2D eigenvalue weighted by Crippen LogP contribution is -2.36. The summed E-state index contributed by atoms with van der Waals surface area (Å²) in [5, 5.41) is 12.6. The molecule has 1 fully saturated rings. The van der Waals surface area contributed by atoms with E-state index in [1.54, 1.807) is 6.20 Å².